The zero-order chi connectivity index (χ0) is 17.3. The van der Waals surface area contributed by atoms with Gasteiger partial charge in [0.25, 0.3) is 0 Å². The van der Waals surface area contributed by atoms with Crippen molar-refractivity contribution >= 4 is 28.9 Å². The summed E-state index contributed by atoms with van der Waals surface area (Å²) in [6, 6.07) is 8.54. The highest BCUT2D eigenvalue weighted by Gasteiger charge is 2.49. The fourth-order valence-electron chi connectivity index (χ4n) is 3.88. The molecule has 0 saturated heterocycles. The van der Waals surface area contributed by atoms with E-state index in [9.17, 15) is 5.26 Å². The molecule has 4 nitrogen and oxygen atoms in total. The summed E-state index contributed by atoms with van der Waals surface area (Å²) >= 11 is 5.50. The van der Waals surface area contributed by atoms with Crippen LogP contribution in [-0.4, -0.2) is 27.9 Å². The number of benzene rings is 1. The third-order valence-electron chi connectivity index (χ3n) is 5.45. The molecule has 0 radical (unpaired) electrons. The van der Waals surface area contributed by atoms with Crippen LogP contribution < -0.4 is 5.32 Å². The van der Waals surface area contributed by atoms with Gasteiger partial charge < -0.3 is 10.2 Å². The maximum atomic E-state index is 9.25. The number of aryl methyl sites for hydroxylation is 2. The Morgan fingerprint density at radius 3 is 2.54 bits per heavy atom. The minimum absolute atomic E-state index is 0.242. The molecule has 1 heterocycles. The van der Waals surface area contributed by atoms with E-state index in [-0.39, 0.29) is 5.54 Å². The van der Waals surface area contributed by atoms with Crippen molar-refractivity contribution in [2.75, 3.05) is 11.9 Å². The Morgan fingerprint density at radius 1 is 1.33 bits per heavy atom. The summed E-state index contributed by atoms with van der Waals surface area (Å²) in [4.78, 5) is 6.71. The van der Waals surface area contributed by atoms with Crippen molar-refractivity contribution in [2.24, 2.45) is 10.9 Å². The number of nitrogens with zero attached hydrogens (tertiary/aromatic N) is 3. The smallest absolute Gasteiger partial charge is 0.198 e. The molecule has 1 aromatic rings. The number of hydrogen-bond donors (Lipinski definition) is 1. The van der Waals surface area contributed by atoms with E-state index in [0.717, 1.165) is 43.1 Å². The van der Waals surface area contributed by atoms with Crippen molar-refractivity contribution in [3.05, 3.63) is 29.3 Å². The Bertz CT molecular complexity index is 703. The molecule has 0 amide bonds. The molecule has 1 aliphatic heterocycles. The van der Waals surface area contributed by atoms with E-state index in [2.05, 4.69) is 55.3 Å². The van der Waals surface area contributed by atoms with Crippen LogP contribution in [0.2, 0.25) is 0 Å². The van der Waals surface area contributed by atoms with Gasteiger partial charge in [-0.25, -0.2) is 4.99 Å². The third-order valence-corrected chi connectivity index (χ3v) is 5.76. The van der Waals surface area contributed by atoms with Crippen molar-refractivity contribution in [2.45, 2.75) is 52.0 Å². The summed E-state index contributed by atoms with van der Waals surface area (Å²) in [5.41, 5.74) is 3.26. The quantitative estimate of drug-likeness (QED) is 0.648. The van der Waals surface area contributed by atoms with Crippen molar-refractivity contribution < 1.29 is 0 Å². The molecule has 0 bridgehead atoms. The largest absolute Gasteiger partial charge is 0.341 e. The van der Waals surface area contributed by atoms with Gasteiger partial charge in [0.05, 0.1) is 6.07 Å². The Hall–Kier alpha value is -1.93. The second-order valence-electron chi connectivity index (χ2n) is 7.09. The first-order valence-electron chi connectivity index (χ1n) is 8.59. The van der Waals surface area contributed by atoms with E-state index >= 15 is 0 Å². The third kappa shape index (κ3) is 2.80. The molecule has 3 rings (SSSR count). The first kappa shape index (κ1) is 16.9. The number of amidine groups is 1. The van der Waals surface area contributed by atoms with Crippen LogP contribution in [0.5, 0.6) is 0 Å². The SMILES string of the molecule is Cc1cccc(C)c1NC1=NC(=S)N(CC#N)C12CCC(C)CC2. The highest BCUT2D eigenvalue weighted by Crippen LogP contribution is 2.41. The van der Waals surface area contributed by atoms with Gasteiger partial charge in [-0.05, 0) is 68.8 Å². The Morgan fingerprint density at radius 2 is 1.96 bits per heavy atom. The number of nitriles is 1. The average molecular weight is 340 g/mol. The molecular weight excluding hydrogens is 316 g/mol. The lowest BCUT2D eigenvalue weighted by atomic mass is 9.75. The number of thiocarbonyl (C=S) groups is 1. The normalized spacial score (nSPS) is 26.4. The van der Waals surface area contributed by atoms with Gasteiger partial charge in [-0.1, -0.05) is 25.1 Å². The fourth-order valence-corrected chi connectivity index (χ4v) is 4.21. The molecule has 24 heavy (non-hydrogen) atoms. The highest BCUT2D eigenvalue weighted by atomic mass is 32.1. The number of para-hydroxylation sites is 1. The summed E-state index contributed by atoms with van der Waals surface area (Å²) in [7, 11) is 0. The van der Waals surface area contributed by atoms with E-state index in [0.29, 0.717) is 11.7 Å². The Kier molecular flexibility index (Phi) is 4.60. The topological polar surface area (TPSA) is 51.4 Å². The fraction of sp³-hybridized carbons (Fsp3) is 0.526. The van der Waals surface area contributed by atoms with Crippen LogP contribution in [0, 0.1) is 31.1 Å². The van der Waals surface area contributed by atoms with Crippen molar-refractivity contribution in [1.82, 2.24) is 4.90 Å². The predicted octanol–water partition coefficient (Wildman–Crippen LogP) is 4.19. The number of anilines is 1. The average Bonchev–Trinajstić information content (AvgIpc) is 2.79. The van der Waals surface area contributed by atoms with Gasteiger partial charge in [0, 0.05) is 5.69 Å². The monoisotopic (exact) mass is 340 g/mol. The molecule has 1 N–H and O–H groups in total. The van der Waals surface area contributed by atoms with Gasteiger partial charge in [-0.3, -0.25) is 0 Å². The van der Waals surface area contributed by atoms with Crippen LogP contribution in [-0.2, 0) is 0 Å². The van der Waals surface area contributed by atoms with Crippen molar-refractivity contribution in [1.29, 1.82) is 5.26 Å². The highest BCUT2D eigenvalue weighted by molar-refractivity contribution is 7.80. The van der Waals surface area contributed by atoms with E-state index in [4.69, 9.17) is 12.2 Å². The molecule has 1 fully saturated rings. The van der Waals surface area contributed by atoms with Crippen LogP contribution >= 0.6 is 12.2 Å². The molecule has 5 heteroatoms. The molecular formula is C19H24N4S. The van der Waals surface area contributed by atoms with Gasteiger partial charge >= 0.3 is 0 Å². The number of nitrogens with one attached hydrogen (secondary N) is 1. The van der Waals surface area contributed by atoms with Crippen LogP contribution in [0.4, 0.5) is 5.69 Å². The summed E-state index contributed by atoms with van der Waals surface area (Å²) < 4.78 is 0. The van der Waals surface area contributed by atoms with Crippen LogP contribution in [0.25, 0.3) is 0 Å². The minimum Gasteiger partial charge on any atom is -0.341 e. The molecule has 0 aromatic heterocycles. The molecule has 1 aliphatic carbocycles. The second kappa shape index (κ2) is 6.52. The van der Waals surface area contributed by atoms with Gasteiger partial charge in [-0.2, -0.15) is 5.26 Å². The molecule has 126 valence electrons. The van der Waals surface area contributed by atoms with Gasteiger partial charge in [0.1, 0.15) is 17.9 Å². The summed E-state index contributed by atoms with van der Waals surface area (Å²) in [6.45, 7) is 6.80. The molecule has 0 unspecified atom stereocenters. The van der Waals surface area contributed by atoms with E-state index < -0.39 is 0 Å². The second-order valence-corrected chi connectivity index (χ2v) is 7.46. The number of aliphatic imine (C=N–C) groups is 1. The van der Waals surface area contributed by atoms with Crippen LogP contribution in [0.1, 0.15) is 43.7 Å². The lowest BCUT2D eigenvalue weighted by molar-refractivity contribution is 0.183. The Balaban J connectivity index is 1.97. The van der Waals surface area contributed by atoms with Gasteiger partial charge in [0.2, 0.25) is 0 Å². The lowest BCUT2D eigenvalue weighted by Crippen LogP contribution is -2.55. The molecule has 1 spiro atoms. The minimum atomic E-state index is -0.242. The lowest BCUT2D eigenvalue weighted by Gasteiger charge is -2.43. The molecule has 2 aliphatic rings. The van der Waals surface area contributed by atoms with Gasteiger partial charge in [0.15, 0.2) is 5.11 Å². The van der Waals surface area contributed by atoms with Crippen molar-refractivity contribution in [3.8, 4) is 6.07 Å². The summed E-state index contributed by atoms with van der Waals surface area (Å²) in [6.07, 6.45) is 4.26. The zero-order valence-corrected chi connectivity index (χ0v) is 15.4. The van der Waals surface area contributed by atoms with Crippen LogP contribution in [0.15, 0.2) is 23.2 Å². The maximum absolute atomic E-state index is 9.25. The first-order chi connectivity index (χ1) is 11.5. The summed E-state index contributed by atoms with van der Waals surface area (Å²) in [5.74, 6) is 1.64. The first-order valence-corrected chi connectivity index (χ1v) is 9.00. The van der Waals surface area contributed by atoms with Crippen LogP contribution in [0.3, 0.4) is 0 Å². The van der Waals surface area contributed by atoms with Gasteiger partial charge in [-0.15, -0.1) is 0 Å². The van der Waals surface area contributed by atoms with Crippen molar-refractivity contribution in [3.63, 3.8) is 0 Å². The van der Waals surface area contributed by atoms with E-state index in [1.54, 1.807) is 0 Å². The number of hydrogen-bond acceptors (Lipinski definition) is 3. The molecule has 1 aromatic carbocycles. The zero-order valence-electron chi connectivity index (χ0n) is 14.6. The Labute approximate surface area is 149 Å². The summed E-state index contributed by atoms with van der Waals surface area (Å²) in [5, 5.41) is 13.4. The standard InChI is InChI=1S/C19H24N4S/c1-13-7-9-19(10-8-13)17(22-18(24)23(19)12-11-20)21-16-14(2)5-4-6-15(16)3/h4-6,13H,7-10,12H2,1-3H3,(H,21,22,24). The number of rotatable bonds is 2. The molecule has 0 atom stereocenters. The van der Waals surface area contributed by atoms with E-state index in [1.165, 1.54) is 11.1 Å². The van der Waals surface area contributed by atoms with E-state index in [1.807, 2.05) is 4.90 Å². The maximum Gasteiger partial charge on any atom is 0.198 e. The predicted molar refractivity (Wildman–Crippen MR) is 102 cm³/mol. The molecule has 1 saturated carbocycles.